The van der Waals surface area contributed by atoms with Crippen molar-refractivity contribution >= 4 is 32.8 Å². The van der Waals surface area contributed by atoms with Crippen molar-refractivity contribution < 1.29 is 27.5 Å². The van der Waals surface area contributed by atoms with Crippen LogP contribution in [-0.4, -0.2) is 62.9 Å². The van der Waals surface area contributed by atoms with E-state index in [-0.39, 0.29) is 22.6 Å². The first-order valence-corrected chi connectivity index (χ1v) is 12.4. The number of nitrogens with zero attached hydrogens (tertiary/aromatic N) is 1. The van der Waals surface area contributed by atoms with Gasteiger partial charge in [0.1, 0.15) is 16.7 Å². The number of rotatable bonds is 8. The lowest BCUT2D eigenvalue weighted by atomic mass is 10.0. The van der Waals surface area contributed by atoms with Crippen molar-refractivity contribution in [3.63, 3.8) is 0 Å². The molecule has 1 amide bonds. The summed E-state index contributed by atoms with van der Waals surface area (Å²) in [5.41, 5.74) is 1.86. The summed E-state index contributed by atoms with van der Waals surface area (Å²) in [5, 5.41) is 3.64. The quantitative estimate of drug-likeness (QED) is 0.474. The fourth-order valence-corrected chi connectivity index (χ4v) is 5.88. The van der Waals surface area contributed by atoms with Crippen molar-refractivity contribution in [3.8, 4) is 5.75 Å². The molecule has 0 saturated carbocycles. The number of aromatic nitrogens is 1. The molecule has 1 saturated heterocycles. The fraction of sp³-hybridized carbons (Fsp3) is 0.333. The van der Waals surface area contributed by atoms with Gasteiger partial charge in [0, 0.05) is 42.2 Å². The maximum absolute atomic E-state index is 13.1. The number of ether oxygens (including phenoxy) is 2. The molecule has 4 rings (SSSR count). The van der Waals surface area contributed by atoms with E-state index in [0.717, 1.165) is 29.3 Å². The van der Waals surface area contributed by atoms with Crippen LogP contribution < -0.4 is 10.1 Å². The summed E-state index contributed by atoms with van der Waals surface area (Å²) in [7, 11) is -1.18. The zero-order valence-corrected chi connectivity index (χ0v) is 19.9. The third-order valence-electron chi connectivity index (χ3n) is 6.00. The Labute approximate surface area is 198 Å². The van der Waals surface area contributed by atoms with Gasteiger partial charge in [-0.1, -0.05) is 18.2 Å². The number of H-pyrrole nitrogens is 1. The van der Waals surface area contributed by atoms with Crippen molar-refractivity contribution in [1.82, 2.24) is 14.6 Å². The van der Waals surface area contributed by atoms with Crippen LogP contribution in [0.3, 0.4) is 0 Å². The SMILES string of the molecule is COC(=O)[C@H](Cc1c[nH]c2ccccc12)NC(=O)c1ccc(OC)c(S(=O)(=O)N2CCCC2)c1. The largest absolute Gasteiger partial charge is 0.495 e. The van der Waals surface area contributed by atoms with Gasteiger partial charge in [-0.3, -0.25) is 4.79 Å². The molecule has 10 heteroatoms. The molecule has 1 aliphatic heterocycles. The zero-order chi connectivity index (χ0) is 24.3. The molecule has 2 N–H and O–H groups in total. The highest BCUT2D eigenvalue weighted by Gasteiger charge is 2.31. The Morgan fingerprint density at radius 1 is 1.12 bits per heavy atom. The van der Waals surface area contributed by atoms with Crippen LogP contribution in [0.1, 0.15) is 28.8 Å². The molecule has 0 spiro atoms. The number of para-hydroxylation sites is 1. The van der Waals surface area contributed by atoms with Crippen molar-refractivity contribution in [2.45, 2.75) is 30.2 Å². The molecule has 34 heavy (non-hydrogen) atoms. The second kappa shape index (κ2) is 9.86. The molecule has 1 fully saturated rings. The highest BCUT2D eigenvalue weighted by molar-refractivity contribution is 7.89. The lowest BCUT2D eigenvalue weighted by molar-refractivity contribution is -0.142. The van der Waals surface area contributed by atoms with Crippen LogP contribution in [0.5, 0.6) is 5.75 Å². The Kier molecular flexibility index (Phi) is 6.90. The number of hydrogen-bond acceptors (Lipinski definition) is 6. The molecule has 1 atom stereocenters. The first-order valence-electron chi connectivity index (χ1n) is 11.0. The van der Waals surface area contributed by atoms with Crippen LogP contribution >= 0.6 is 0 Å². The molecular weight excluding hydrogens is 458 g/mol. The molecule has 3 aromatic rings. The van der Waals surface area contributed by atoms with E-state index in [2.05, 4.69) is 10.3 Å². The number of sulfonamides is 1. The van der Waals surface area contributed by atoms with E-state index in [9.17, 15) is 18.0 Å². The average molecular weight is 486 g/mol. The topological polar surface area (TPSA) is 118 Å². The minimum absolute atomic E-state index is 0.0733. The third-order valence-corrected chi connectivity index (χ3v) is 7.92. The highest BCUT2D eigenvalue weighted by atomic mass is 32.2. The first kappa shape index (κ1) is 23.8. The van der Waals surface area contributed by atoms with Gasteiger partial charge >= 0.3 is 5.97 Å². The summed E-state index contributed by atoms with van der Waals surface area (Å²) < 4.78 is 37.8. The molecule has 2 heterocycles. The summed E-state index contributed by atoms with van der Waals surface area (Å²) in [6.45, 7) is 0.855. The van der Waals surface area contributed by atoms with E-state index in [0.29, 0.717) is 13.1 Å². The van der Waals surface area contributed by atoms with Gasteiger partial charge in [0.2, 0.25) is 10.0 Å². The van der Waals surface area contributed by atoms with Gasteiger partial charge in [-0.25, -0.2) is 13.2 Å². The van der Waals surface area contributed by atoms with E-state index >= 15 is 0 Å². The van der Waals surface area contributed by atoms with Gasteiger partial charge in [0.25, 0.3) is 5.91 Å². The normalized spacial score (nSPS) is 15.2. The molecular formula is C24H27N3O6S. The number of carbonyl (C=O) groups excluding carboxylic acids is 2. The van der Waals surface area contributed by atoms with Gasteiger partial charge in [0.15, 0.2) is 0 Å². The van der Waals surface area contributed by atoms with Crippen LogP contribution in [-0.2, 0) is 26.0 Å². The lowest BCUT2D eigenvalue weighted by Crippen LogP contribution is -2.43. The van der Waals surface area contributed by atoms with Gasteiger partial charge in [-0.15, -0.1) is 0 Å². The first-order chi connectivity index (χ1) is 16.3. The summed E-state index contributed by atoms with van der Waals surface area (Å²) >= 11 is 0. The molecule has 1 aromatic heterocycles. The van der Waals surface area contributed by atoms with Crippen LogP contribution in [0.4, 0.5) is 0 Å². The number of methoxy groups -OCH3 is 2. The Hall–Kier alpha value is -3.37. The number of carbonyl (C=O) groups is 2. The average Bonchev–Trinajstić information content (AvgIpc) is 3.54. The molecule has 0 radical (unpaired) electrons. The lowest BCUT2D eigenvalue weighted by Gasteiger charge is -2.19. The van der Waals surface area contributed by atoms with Crippen molar-refractivity contribution in [2.24, 2.45) is 0 Å². The standard InChI is InChI=1S/C24H27N3O6S/c1-32-21-10-9-16(14-22(21)34(30,31)27-11-5-6-12-27)23(28)26-20(24(29)33-2)13-17-15-25-19-8-4-3-7-18(17)19/h3-4,7-10,14-15,20,25H,5-6,11-13H2,1-2H3,(H,26,28)/t20-/m0/s1. The predicted octanol–water partition coefficient (Wildman–Crippen LogP) is 2.48. The summed E-state index contributed by atoms with van der Waals surface area (Å²) in [4.78, 5) is 28.6. The maximum Gasteiger partial charge on any atom is 0.328 e. The van der Waals surface area contributed by atoms with Gasteiger partial charge in [-0.05, 0) is 42.7 Å². The van der Waals surface area contributed by atoms with Crippen molar-refractivity contribution in [3.05, 3.63) is 59.8 Å². The highest BCUT2D eigenvalue weighted by Crippen LogP contribution is 2.30. The van der Waals surface area contributed by atoms with Gasteiger partial charge in [-0.2, -0.15) is 4.31 Å². The molecule has 9 nitrogen and oxygen atoms in total. The zero-order valence-electron chi connectivity index (χ0n) is 19.0. The third kappa shape index (κ3) is 4.64. The van der Waals surface area contributed by atoms with Crippen LogP contribution in [0.25, 0.3) is 10.9 Å². The number of esters is 1. The molecule has 0 bridgehead atoms. The maximum atomic E-state index is 13.1. The number of benzene rings is 2. The number of fused-ring (bicyclic) bond motifs is 1. The van der Waals surface area contributed by atoms with E-state index < -0.39 is 27.9 Å². The fourth-order valence-electron chi connectivity index (χ4n) is 4.18. The number of nitrogens with one attached hydrogen (secondary N) is 2. The smallest absolute Gasteiger partial charge is 0.328 e. The molecule has 180 valence electrons. The van der Waals surface area contributed by atoms with E-state index in [1.807, 2.05) is 24.3 Å². The Bertz CT molecular complexity index is 1310. The van der Waals surface area contributed by atoms with Crippen molar-refractivity contribution in [2.75, 3.05) is 27.3 Å². The molecule has 0 aliphatic carbocycles. The minimum atomic E-state index is -3.82. The van der Waals surface area contributed by atoms with E-state index in [1.165, 1.54) is 36.7 Å². The van der Waals surface area contributed by atoms with Crippen LogP contribution in [0, 0.1) is 0 Å². The van der Waals surface area contributed by atoms with Gasteiger partial charge < -0.3 is 19.8 Å². The van der Waals surface area contributed by atoms with E-state index in [1.54, 1.807) is 6.20 Å². The monoisotopic (exact) mass is 485 g/mol. The number of amides is 1. The summed E-state index contributed by atoms with van der Waals surface area (Å²) in [5.74, 6) is -1.03. The second-order valence-corrected chi connectivity index (χ2v) is 10.00. The molecule has 0 unspecified atom stereocenters. The minimum Gasteiger partial charge on any atom is -0.495 e. The molecule has 1 aliphatic rings. The second-order valence-electron chi connectivity index (χ2n) is 8.09. The number of aromatic amines is 1. The predicted molar refractivity (Wildman–Crippen MR) is 126 cm³/mol. The Morgan fingerprint density at radius 3 is 2.56 bits per heavy atom. The Balaban J connectivity index is 1.61. The van der Waals surface area contributed by atoms with Crippen LogP contribution in [0.2, 0.25) is 0 Å². The summed E-state index contributed by atoms with van der Waals surface area (Å²) in [6.07, 6.45) is 3.57. The molecule has 2 aromatic carbocycles. The van der Waals surface area contributed by atoms with Gasteiger partial charge in [0.05, 0.1) is 14.2 Å². The van der Waals surface area contributed by atoms with E-state index in [4.69, 9.17) is 9.47 Å². The Morgan fingerprint density at radius 2 is 1.85 bits per heavy atom. The van der Waals surface area contributed by atoms with Crippen LogP contribution in [0.15, 0.2) is 53.6 Å². The number of hydrogen-bond donors (Lipinski definition) is 2. The van der Waals surface area contributed by atoms with Crippen molar-refractivity contribution in [1.29, 1.82) is 0 Å². The summed E-state index contributed by atoms with van der Waals surface area (Å²) in [6, 6.07) is 10.9.